The number of fused-ring (bicyclic) bond motifs is 1. The fourth-order valence-corrected chi connectivity index (χ4v) is 4.27. The van der Waals surface area contributed by atoms with Crippen molar-refractivity contribution >= 4 is 16.9 Å². The monoisotopic (exact) mass is 406 g/mol. The fourth-order valence-electron chi connectivity index (χ4n) is 4.27. The molecule has 6 heteroatoms. The maximum absolute atomic E-state index is 13.9. The van der Waals surface area contributed by atoms with Crippen LogP contribution >= 0.6 is 0 Å². The molecule has 3 aromatic rings. The molecule has 5 nitrogen and oxygen atoms in total. The van der Waals surface area contributed by atoms with E-state index in [0.717, 1.165) is 49.1 Å². The molecule has 1 saturated heterocycles. The first-order valence-electron chi connectivity index (χ1n) is 10.5. The maximum atomic E-state index is 13.9. The van der Waals surface area contributed by atoms with Crippen LogP contribution in [0.25, 0.3) is 11.0 Å². The summed E-state index contributed by atoms with van der Waals surface area (Å²) in [6.45, 7) is 3.53. The molecule has 2 heterocycles. The number of halogens is 1. The van der Waals surface area contributed by atoms with Gasteiger partial charge in [0.25, 0.3) is 5.91 Å². The predicted octanol–water partition coefficient (Wildman–Crippen LogP) is 3.80. The highest BCUT2D eigenvalue weighted by molar-refractivity contribution is 5.97. The number of piperidine rings is 1. The van der Waals surface area contributed by atoms with Gasteiger partial charge in [-0.05, 0) is 61.6 Å². The van der Waals surface area contributed by atoms with Crippen molar-refractivity contribution in [3.05, 3.63) is 71.8 Å². The Morgan fingerprint density at radius 3 is 2.80 bits per heavy atom. The van der Waals surface area contributed by atoms with E-state index >= 15 is 0 Å². The first kappa shape index (κ1) is 20.4. The molecule has 1 amide bonds. The molecule has 4 rings (SSSR count). The van der Waals surface area contributed by atoms with E-state index in [1.807, 2.05) is 42.3 Å². The number of rotatable bonds is 6. The lowest BCUT2D eigenvalue weighted by Crippen LogP contribution is -2.42. The molecular weight excluding hydrogens is 379 g/mol. The van der Waals surface area contributed by atoms with Crippen molar-refractivity contribution in [1.82, 2.24) is 19.8 Å². The normalized spacial score (nSPS) is 17.2. The van der Waals surface area contributed by atoms with Crippen LogP contribution in [0.3, 0.4) is 0 Å². The Kier molecular flexibility index (Phi) is 6.33. The molecule has 1 atom stereocenters. The van der Waals surface area contributed by atoms with E-state index < -0.39 is 0 Å². The van der Waals surface area contributed by atoms with Gasteiger partial charge in [-0.25, -0.2) is 4.39 Å². The zero-order valence-electron chi connectivity index (χ0n) is 17.3. The Bertz CT molecular complexity index is 1020. The summed E-state index contributed by atoms with van der Waals surface area (Å²) >= 11 is 0. The molecule has 1 fully saturated rings. The van der Waals surface area contributed by atoms with Crippen molar-refractivity contribution in [3.8, 4) is 0 Å². The molecule has 0 unspecified atom stereocenters. The lowest BCUT2D eigenvalue weighted by atomic mass is 9.96. The average Bonchev–Trinajstić information content (AvgIpc) is 2.78. The molecule has 0 bridgehead atoms. The Labute approximate surface area is 176 Å². The number of likely N-dealkylation sites (tertiary alicyclic amines) is 1. The number of benzene rings is 2. The standard InChI is InChI=1S/C24H27FN4O/c1-28(24(30)20-8-9-22-23(15-20)27-12-11-26-22)16-18-5-4-13-29(17-18)14-10-19-6-2-3-7-21(19)25/h2-3,6-9,11-12,15,18H,4-5,10,13-14,16-17H2,1H3/t18-/m0/s1. The van der Waals surface area contributed by atoms with Gasteiger partial charge in [0, 0.05) is 44.6 Å². The van der Waals surface area contributed by atoms with Crippen LogP contribution in [-0.2, 0) is 6.42 Å². The van der Waals surface area contributed by atoms with Gasteiger partial charge in [0.2, 0.25) is 0 Å². The summed E-state index contributed by atoms with van der Waals surface area (Å²) < 4.78 is 13.9. The van der Waals surface area contributed by atoms with Gasteiger partial charge in [-0.15, -0.1) is 0 Å². The van der Waals surface area contributed by atoms with Crippen molar-refractivity contribution in [1.29, 1.82) is 0 Å². The minimum absolute atomic E-state index is 0.00559. The Morgan fingerprint density at radius 2 is 1.97 bits per heavy atom. The van der Waals surface area contributed by atoms with E-state index in [4.69, 9.17) is 0 Å². The summed E-state index contributed by atoms with van der Waals surface area (Å²) in [5.74, 6) is 0.302. The first-order valence-corrected chi connectivity index (χ1v) is 10.5. The number of carbonyl (C=O) groups excluding carboxylic acids is 1. The third-order valence-corrected chi connectivity index (χ3v) is 5.85. The minimum Gasteiger partial charge on any atom is -0.341 e. The number of nitrogens with zero attached hydrogens (tertiary/aromatic N) is 4. The van der Waals surface area contributed by atoms with Gasteiger partial charge in [-0.3, -0.25) is 14.8 Å². The molecular formula is C24H27FN4O. The number of hydrogen-bond acceptors (Lipinski definition) is 4. The minimum atomic E-state index is -0.128. The van der Waals surface area contributed by atoms with Crippen LogP contribution < -0.4 is 0 Å². The average molecular weight is 407 g/mol. The summed E-state index contributed by atoms with van der Waals surface area (Å²) in [7, 11) is 1.86. The third kappa shape index (κ3) is 4.82. The summed E-state index contributed by atoms with van der Waals surface area (Å²) in [4.78, 5) is 25.7. The van der Waals surface area contributed by atoms with Crippen molar-refractivity contribution in [2.24, 2.45) is 5.92 Å². The highest BCUT2D eigenvalue weighted by Gasteiger charge is 2.23. The number of carbonyl (C=O) groups is 1. The Morgan fingerprint density at radius 1 is 1.17 bits per heavy atom. The van der Waals surface area contributed by atoms with Gasteiger partial charge in [-0.2, -0.15) is 0 Å². The second-order valence-electron chi connectivity index (χ2n) is 8.10. The Hall–Kier alpha value is -2.86. The molecule has 2 aromatic carbocycles. The van der Waals surface area contributed by atoms with Gasteiger partial charge >= 0.3 is 0 Å². The second kappa shape index (κ2) is 9.30. The van der Waals surface area contributed by atoms with Crippen LogP contribution in [0.4, 0.5) is 4.39 Å². The van der Waals surface area contributed by atoms with Crippen molar-refractivity contribution in [2.75, 3.05) is 33.2 Å². The highest BCUT2D eigenvalue weighted by atomic mass is 19.1. The summed E-state index contributed by atoms with van der Waals surface area (Å²) in [6.07, 6.45) is 6.22. The van der Waals surface area contributed by atoms with Crippen LogP contribution in [0.1, 0.15) is 28.8 Å². The van der Waals surface area contributed by atoms with E-state index in [9.17, 15) is 9.18 Å². The van der Waals surface area contributed by atoms with E-state index in [2.05, 4.69) is 14.9 Å². The largest absolute Gasteiger partial charge is 0.341 e. The topological polar surface area (TPSA) is 49.3 Å². The predicted molar refractivity (Wildman–Crippen MR) is 116 cm³/mol. The van der Waals surface area contributed by atoms with E-state index in [-0.39, 0.29) is 11.7 Å². The third-order valence-electron chi connectivity index (χ3n) is 5.85. The van der Waals surface area contributed by atoms with Crippen molar-refractivity contribution < 1.29 is 9.18 Å². The smallest absolute Gasteiger partial charge is 0.253 e. The number of amides is 1. The van der Waals surface area contributed by atoms with Crippen LogP contribution in [0.5, 0.6) is 0 Å². The highest BCUT2D eigenvalue weighted by Crippen LogP contribution is 2.20. The van der Waals surface area contributed by atoms with Gasteiger partial charge in [0.15, 0.2) is 0 Å². The Balaban J connectivity index is 1.33. The van der Waals surface area contributed by atoms with Gasteiger partial charge in [0.1, 0.15) is 5.82 Å². The molecule has 1 aliphatic rings. The van der Waals surface area contributed by atoms with E-state index in [0.29, 0.717) is 24.4 Å². The summed E-state index contributed by atoms with van der Waals surface area (Å²) in [5, 5.41) is 0. The van der Waals surface area contributed by atoms with Crippen LogP contribution in [0, 0.1) is 11.7 Å². The molecule has 0 N–H and O–H groups in total. The second-order valence-corrected chi connectivity index (χ2v) is 8.10. The molecule has 0 spiro atoms. The van der Waals surface area contributed by atoms with Crippen LogP contribution in [0.15, 0.2) is 54.9 Å². The molecule has 156 valence electrons. The summed E-state index contributed by atoms with van der Waals surface area (Å²) in [5.41, 5.74) is 2.92. The van der Waals surface area contributed by atoms with Gasteiger partial charge < -0.3 is 9.80 Å². The van der Waals surface area contributed by atoms with Crippen molar-refractivity contribution in [3.63, 3.8) is 0 Å². The van der Waals surface area contributed by atoms with Gasteiger partial charge in [0.05, 0.1) is 11.0 Å². The SMILES string of the molecule is CN(C[C@@H]1CCCN(CCc2ccccc2F)C1)C(=O)c1ccc2nccnc2c1. The lowest BCUT2D eigenvalue weighted by molar-refractivity contribution is 0.0730. The first-order chi connectivity index (χ1) is 14.6. The van der Waals surface area contributed by atoms with E-state index in [1.54, 1.807) is 18.5 Å². The van der Waals surface area contributed by atoms with Crippen LogP contribution in [-0.4, -0.2) is 58.9 Å². The molecule has 0 aliphatic carbocycles. The van der Waals surface area contributed by atoms with Crippen LogP contribution in [0.2, 0.25) is 0 Å². The van der Waals surface area contributed by atoms with E-state index in [1.165, 1.54) is 6.07 Å². The quantitative estimate of drug-likeness (QED) is 0.625. The number of aromatic nitrogens is 2. The fraction of sp³-hybridized carbons (Fsp3) is 0.375. The summed E-state index contributed by atoms with van der Waals surface area (Å²) in [6, 6.07) is 12.5. The zero-order chi connectivity index (χ0) is 20.9. The molecule has 0 saturated carbocycles. The molecule has 30 heavy (non-hydrogen) atoms. The van der Waals surface area contributed by atoms with Crippen molar-refractivity contribution in [2.45, 2.75) is 19.3 Å². The van der Waals surface area contributed by atoms with Gasteiger partial charge in [-0.1, -0.05) is 18.2 Å². The zero-order valence-corrected chi connectivity index (χ0v) is 17.3. The molecule has 1 aliphatic heterocycles. The number of hydrogen-bond donors (Lipinski definition) is 0. The lowest BCUT2D eigenvalue weighted by Gasteiger charge is -2.34. The molecule has 1 aromatic heterocycles. The maximum Gasteiger partial charge on any atom is 0.253 e. The molecule has 0 radical (unpaired) electrons.